The van der Waals surface area contributed by atoms with Gasteiger partial charge in [0.2, 0.25) is 0 Å². The number of alkyl halides is 2. The van der Waals surface area contributed by atoms with Crippen molar-refractivity contribution in [1.29, 1.82) is 0 Å². The smallest absolute Gasteiger partial charge is 0.321 e. The van der Waals surface area contributed by atoms with Gasteiger partial charge in [-0.05, 0) is 25.0 Å². The number of nitrogens with one attached hydrogen (secondary N) is 1. The van der Waals surface area contributed by atoms with Crippen LogP contribution in [0, 0.1) is 11.3 Å². The van der Waals surface area contributed by atoms with Gasteiger partial charge in [-0.2, -0.15) is 8.78 Å². The summed E-state index contributed by atoms with van der Waals surface area (Å²) in [7, 11) is 0. The van der Waals surface area contributed by atoms with Crippen LogP contribution in [-0.2, 0) is 4.79 Å². The molecule has 2 aromatic rings. The summed E-state index contributed by atoms with van der Waals surface area (Å²) in [5.74, 6) is -3.63. The van der Waals surface area contributed by atoms with Crippen LogP contribution in [0.1, 0.15) is 33.6 Å². The van der Waals surface area contributed by atoms with Crippen molar-refractivity contribution in [3.05, 3.63) is 24.5 Å². The van der Waals surface area contributed by atoms with Gasteiger partial charge in [-0.25, -0.2) is 9.97 Å². The lowest BCUT2D eigenvalue weighted by molar-refractivity contribution is -0.149. The largest absolute Gasteiger partial charge is 0.353 e. The molecule has 0 radical (unpaired) electrons. The van der Waals surface area contributed by atoms with Crippen molar-refractivity contribution in [2.24, 2.45) is 11.3 Å². The topological polar surface area (TPSA) is 71.0 Å². The van der Waals surface area contributed by atoms with Crippen molar-refractivity contribution in [1.82, 2.24) is 20.3 Å². The first kappa shape index (κ1) is 18.0. The Morgan fingerprint density at radius 3 is 2.78 bits per heavy atom. The predicted octanol–water partition coefficient (Wildman–Crippen LogP) is 2.79. The molecule has 1 aliphatic heterocycles. The van der Waals surface area contributed by atoms with Gasteiger partial charge in [0.15, 0.2) is 5.65 Å². The number of aromatic nitrogens is 3. The van der Waals surface area contributed by atoms with Crippen molar-refractivity contribution in [3.63, 3.8) is 0 Å². The summed E-state index contributed by atoms with van der Waals surface area (Å²) in [4.78, 5) is 27.2. The van der Waals surface area contributed by atoms with Gasteiger partial charge in [-0.1, -0.05) is 13.8 Å². The van der Waals surface area contributed by atoms with Gasteiger partial charge in [0.1, 0.15) is 11.3 Å². The van der Waals surface area contributed by atoms with Gasteiger partial charge in [-0.15, -0.1) is 0 Å². The molecule has 1 N–H and O–H groups in total. The number of piperidine rings is 1. The summed E-state index contributed by atoms with van der Waals surface area (Å²) in [6, 6.07) is 3.69. The van der Waals surface area contributed by atoms with E-state index in [4.69, 9.17) is 0 Å². The zero-order valence-corrected chi connectivity index (χ0v) is 15.6. The number of fused-ring (bicyclic) bond motifs is 2. The molecule has 1 amide bonds. The molecule has 1 saturated carbocycles. The van der Waals surface area contributed by atoms with Gasteiger partial charge in [0.05, 0.1) is 0 Å². The molecule has 6 nitrogen and oxygen atoms in total. The molecule has 3 unspecified atom stereocenters. The first-order valence-corrected chi connectivity index (χ1v) is 9.23. The fourth-order valence-electron chi connectivity index (χ4n) is 4.77. The highest BCUT2D eigenvalue weighted by Crippen LogP contribution is 2.53. The van der Waals surface area contributed by atoms with E-state index in [-0.39, 0.29) is 23.4 Å². The lowest BCUT2D eigenvalue weighted by atomic mass is 9.52. The van der Waals surface area contributed by atoms with Crippen LogP contribution in [0.3, 0.4) is 0 Å². The third kappa shape index (κ3) is 2.91. The van der Waals surface area contributed by atoms with Gasteiger partial charge in [0.25, 0.3) is 5.91 Å². The molecule has 1 aliphatic carbocycles. The quantitative estimate of drug-likeness (QED) is 0.893. The first-order valence-electron chi connectivity index (χ1n) is 9.23. The normalized spacial score (nSPS) is 27.0. The highest BCUT2D eigenvalue weighted by molar-refractivity contribution is 5.83. The number of hydrogen-bond donors (Lipinski definition) is 1. The molecule has 0 spiro atoms. The number of halogens is 2. The minimum absolute atomic E-state index is 0.124. The number of hydrogen-bond acceptors (Lipinski definition) is 5. The maximum absolute atomic E-state index is 13.4. The van der Waals surface area contributed by atoms with Gasteiger partial charge in [0, 0.05) is 49.3 Å². The van der Waals surface area contributed by atoms with Crippen LogP contribution in [0.2, 0.25) is 0 Å². The van der Waals surface area contributed by atoms with Crippen LogP contribution < -0.4 is 10.2 Å². The second-order valence-electron chi connectivity index (χ2n) is 8.17. The Labute approximate surface area is 156 Å². The SMILES string of the molecule is CC(F)(F)C(=O)NC1C2CCCN(c3ccc4nccnc4n3)C2C1(C)C. The van der Waals surface area contributed by atoms with Gasteiger partial charge in [-0.3, -0.25) is 9.78 Å². The number of nitrogens with zero attached hydrogens (tertiary/aromatic N) is 4. The second-order valence-corrected chi connectivity index (χ2v) is 8.17. The average Bonchev–Trinajstić information content (AvgIpc) is 2.64. The molecule has 2 aliphatic rings. The van der Waals surface area contributed by atoms with E-state index in [1.54, 1.807) is 12.4 Å². The lowest BCUT2D eigenvalue weighted by Crippen LogP contribution is -2.75. The van der Waals surface area contributed by atoms with E-state index in [1.807, 2.05) is 26.0 Å². The van der Waals surface area contributed by atoms with Gasteiger partial charge < -0.3 is 10.2 Å². The summed E-state index contributed by atoms with van der Waals surface area (Å²) >= 11 is 0. The molecule has 27 heavy (non-hydrogen) atoms. The molecule has 2 fully saturated rings. The fourth-order valence-corrected chi connectivity index (χ4v) is 4.77. The fraction of sp³-hybridized carbons (Fsp3) is 0.579. The van der Waals surface area contributed by atoms with E-state index in [0.717, 1.165) is 30.7 Å². The Hall–Kier alpha value is -2.38. The summed E-state index contributed by atoms with van der Waals surface area (Å²) in [5, 5.41) is 2.59. The minimum Gasteiger partial charge on any atom is -0.353 e. The molecule has 3 heterocycles. The highest BCUT2D eigenvalue weighted by atomic mass is 19.3. The van der Waals surface area contributed by atoms with E-state index in [1.165, 1.54) is 0 Å². The monoisotopic (exact) mass is 375 g/mol. The number of carbonyl (C=O) groups excluding carboxylic acids is 1. The molecule has 8 heteroatoms. The van der Waals surface area contributed by atoms with E-state index in [9.17, 15) is 13.6 Å². The molecule has 0 aromatic carbocycles. The molecular weight excluding hydrogens is 352 g/mol. The van der Waals surface area contributed by atoms with Crippen molar-refractivity contribution in [2.75, 3.05) is 11.4 Å². The zero-order chi connectivity index (χ0) is 19.4. The molecule has 1 saturated heterocycles. The van der Waals surface area contributed by atoms with Crippen LogP contribution in [0.5, 0.6) is 0 Å². The Bertz CT molecular complexity index is 882. The third-order valence-corrected chi connectivity index (χ3v) is 5.97. The first-order chi connectivity index (χ1) is 12.7. The summed E-state index contributed by atoms with van der Waals surface area (Å²) < 4.78 is 26.7. The van der Waals surface area contributed by atoms with E-state index in [2.05, 4.69) is 25.2 Å². The summed E-state index contributed by atoms with van der Waals surface area (Å²) in [5.41, 5.74) is 0.980. The Balaban J connectivity index is 1.61. The van der Waals surface area contributed by atoms with E-state index in [0.29, 0.717) is 12.6 Å². The standard InChI is InChI=1S/C19H23F2N5O/c1-18(2)14(25-17(27)19(3,20)21)11-5-4-10-26(15(11)18)13-7-6-12-16(24-13)23-9-8-22-12/h6-9,11,14-15H,4-5,10H2,1-3H3,(H,25,27). The Kier molecular flexibility index (Phi) is 4.05. The van der Waals surface area contributed by atoms with Crippen molar-refractivity contribution in [3.8, 4) is 0 Å². The van der Waals surface area contributed by atoms with E-state index < -0.39 is 11.8 Å². The van der Waals surface area contributed by atoms with Gasteiger partial charge >= 0.3 is 5.92 Å². The van der Waals surface area contributed by atoms with Crippen LogP contribution in [0.15, 0.2) is 24.5 Å². The number of carbonyl (C=O) groups is 1. The van der Waals surface area contributed by atoms with Crippen LogP contribution in [0.25, 0.3) is 11.2 Å². The zero-order valence-electron chi connectivity index (χ0n) is 15.6. The maximum atomic E-state index is 13.4. The molecular formula is C19H23F2N5O. The second kappa shape index (κ2) is 6.07. The Morgan fingerprint density at radius 1 is 1.30 bits per heavy atom. The predicted molar refractivity (Wildman–Crippen MR) is 97.5 cm³/mol. The lowest BCUT2D eigenvalue weighted by Gasteiger charge is -2.64. The van der Waals surface area contributed by atoms with Crippen molar-refractivity contribution >= 4 is 22.9 Å². The minimum atomic E-state index is -3.37. The summed E-state index contributed by atoms with van der Waals surface area (Å²) in [6.45, 7) is 5.52. The highest BCUT2D eigenvalue weighted by Gasteiger charge is 2.61. The number of anilines is 1. The number of pyridine rings is 1. The maximum Gasteiger partial charge on any atom is 0.321 e. The molecule has 0 bridgehead atoms. The molecule has 144 valence electrons. The molecule has 4 rings (SSSR count). The van der Waals surface area contributed by atoms with Crippen molar-refractivity contribution in [2.45, 2.75) is 51.6 Å². The Morgan fingerprint density at radius 2 is 2.04 bits per heavy atom. The average molecular weight is 375 g/mol. The third-order valence-electron chi connectivity index (χ3n) is 5.97. The summed E-state index contributed by atoms with van der Waals surface area (Å²) in [6.07, 6.45) is 5.07. The van der Waals surface area contributed by atoms with Crippen LogP contribution in [-0.4, -0.2) is 45.4 Å². The van der Waals surface area contributed by atoms with Crippen molar-refractivity contribution < 1.29 is 13.6 Å². The van der Waals surface area contributed by atoms with Crippen LogP contribution in [0.4, 0.5) is 14.6 Å². The molecule has 3 atom stereocenters. The molecule has 2 aromatic heterocycles. The number of rotatable bonds is 3. The number of amides is 1. The van der Waals surface area contributed by atoms with E-state index >= 15 is 0 Å². The van der Waals surface area contributed by atoms with Crippen LogP contribution >= 0.6 is 0 Å².